The van der Waals surface area contributed by atoms with E-state index in [-0.39, 0.29) is 24.3 Å². The molecule has 2 N–H and O–H groups in total. The topological polar surface area (TPSA) is 49.3 Å². The molecule has 2 unspecified atom stereocenters. The molecule has 62 valence electrons. The molecule has 0 radical (unpaired) electrons. The van der Waals surface area contributed by atoms with Crippen molar-refractivity contribution in [2.75, 3.05) is 13.2 Å². The molecule has 0 bridgehead atoms. The van der Waals surface area contributed by atoms with E-state index in [0.717, 1.165) is 0 Å². The second kappa shape index (κ2) is 3.53. The van der Waals surface area contributed by atoms with Gasteiger partial charge in [0, 0.05) is 25.0 Å². The summed E-state index contributed by atoms with van der Waals surface area (Å²) < 4.78 is 0. The Kier molecular flexibility index (Phi) is 2.65. The molecule has 0 aromatic carbocycles. The third-order valence-electron chi connectivity index (χ3n) is 2.11. The molecule has 0 aliphatic carbocycles. The summed E-state index contributed by atoms with van der Waals surface area (Å²) in [6.45, 7) is 4.38. The molecule has 1 fully saturated rings. The number of aliphatic hydroxyl groups is 1. The largest absolute Gasteiger partial charge is 0.396 e. The van der Waals surface area contributed by atoms with Crippen LogP contribution in [-0.4, -0.2) is 24.2 Å². The molecule has 3 nitrogen and oxygen atoms in total. The van der Waals surface area contributed by atoms with Crippen LogP contribution in [0.2, 0.25) is 0 Å². The quantitative estimate of drug-likeness (QED) is 0.560. The van der Waals surface area contributed by atoms with Crippen LogP contribution in [0.4, 0.5) is 0 Å². The first-order chi connectivity index (χ1) is 5.29. The van der Waals surface area contributed by atoms with Gasteiger partial charge in [-0.25, -0.2) is 0 Å². The maximum absolute atomic E-state index is 11.1. The molecule has 1 saturated heterocycles. The minimum absolute atomic E-state index is 0.0453. The molecule has 2 atom stereocenters. The fourth-order valence-corrected chi connectivity index (χ4v) is 1.42. The second-order valence-electron chi connectivity index (χ2n) is 2.76. The maximum atomic E-state index is 11.1. The molecular formula is C8H13NO2. The van der Waals surface area contributed by atoms with E-state index in [1.54, 1.807) is 6.08 Å². The van der Waals surface area contributed by atoms with Gasteiger partial charge in [-0.05, 0) is 6.42 Å². The number of rotatable bonds is 3. The highest BCUT2D eigenvalue weighted by molar-refractivity contribution is 5.81. The molecule has 0 aromatic rings. The molecule has 0 spiro atoms. The summed E-state index contributed by atoms with van der Waals surface area (Å²) in [6.07, 6.45) is 2.32. The van der Waals surface area contributed by atoms with Crippen molar-refractivity contribution in [1.29, 1.82) is 0 Å². The molecular weight excluding hydrogens is 142 g/mol. The van der Waals surface area contributed by atoms with E-state index in [4.69, 9.17) is 5.11 Å². The minimum atomic E-state index is -0.0579. The lowest BCUT2D eigenvalue weighted by Gasteiger charge is -2.09. The highest BCUT2D eigenvalue weighted by Crippen LogP contribution is 2.21. The molecule has 11 heavy (non-hydrogen) atoms. The molecule has 1 aliphatic heterocycles. The van der Waals surface area contributed by atoms with Gasteiger partial charge >= 0.3 is 0 Å². The lowest BCUT2D eigenvalue weighted by molar-refractivity contribution is -0.123. The zero-order chi connectivity index (χ0) is 8.27. The monoisotopic (exact) mass is 155 g/mol. The number of amides is 1. The van der Waals surface area contributed by atoms with Crippen molar-refractivity contribution in [1.82, 2.24) is 5.32 Å². The SMILES string of the molecule is C=CC1CNC(=O)C1CCO. The Morgan fingerprint density at radius 2 is 2.55 bits per heavy atom. The van der Waals surface area contributed by atoms with E-state index in [2.05, 4.69) is 11.9 Å². The Balaban J connectivity index is 2.55. The van der Waals surface area contributed by atoms with E-state index in [0.29, 0.717) is 13.0 Å². The van der Waals surface area contributed by atoms with Gasteiger partial charge in [0.05, 0.1) is 0 Å². The number of carbonyl (C=O) groups is 1. The summed E-state index contributed by atoms with van der Waals surface area (Å²) in [5.74, 6) is 0.191. The molecule has 0 saturated carbocycles. The summed E-state index contributed by atoms with van der Waals surface area (Å²) in [5.41, 5.74) is 0. The van der Waals surface area contributed by atoms with Crippen molar-refractivity contribution < 1.29 is 9.90 Å². The summed E-state index contributed by atoms with van der Waals surface area (Å²) in [4.78, 5) is 11.1. The van der Waals surface area contributed by atoms with Crippen molar-refractivity contribution in [3.8, 4) is 0 Å². The smallest absolute Gasteiger partial charge is 0.223 e. The first kappa shape index (κ1) is 8.27. The fraction of sp³-hybridized carbons (Fsp3) is 0.625. The molecule has 3 heteroatoms. The highest BCUT2D eigenvalue weighted by atomic mass is 16.3. The summed E-state index contributed by atoms with van der Waals surface area (Å²) in [7, 11) is 0. The second-order valence-corrected chi connectivity index (χ2v) is 2.76. The van der Waals surface area contributed by atoms with Crippen LogP contribution in [0.25, 0.3) is 0 Å². The van der Waals surface area contributed by atoms with Crippen molar-refractivity contribution in [2.24, 2.45) is 11.8 Å². The fourth-order valence-electron chi connectivity index (χ4n) is 1.42. The van der Waals surface area contributed by atoms with E-state index < -0.39 is 0 Å². The Hall–Kier alpha value is -0.830. The number of hydrogen-bond donors (Lipinski definition) is 2. The summed E-state index contributed by atoms with van der Waals surface area (Å²) in [6, 6.07) is 0. The zero-order valence-electron chi connectivity index (χ0n) is 6.42. The normalized spacial score (nSPS) is 30.1. The van der Waals surface area contributed by atoms with Gasteiger partial charge in [-0.3, -0.25) is 4.79 Å². The Labute approximate surface area is 66.1 Å². The van der Waals surface area contributed by atoms with Gasteiger partial charge in [0.15, 0.2) is 0 Å². The zero-order valence-corrected chi connectivity index (χ0v) is 6.42. The van der Waals surface area contributed by atoms with Crippen molar-refractivity contribution >= 4 is 5.91 Å². The summed E-state index contributed by atoms with van der Waals surface area (Å²) in [5, 5.41) is 11.4. The van der Waals surface area contributed by atoms with Crippen LogP contribution in [0.3, 0.4) is 0 Å². The number of nitrogens with one attached hydrogen (secondary N) is 1. The Morgan fingerprint density at radius 3 is 3.09 bits per heavy atom. The first-order valence-corrected chi connectivity index (χ1v) is 3.80. The lowest BCUT2D eigenvalue weighted by Crippen LogP contribution is -2.20. The number of aliphatic hydroxyl groups excluding tert-OH is 1. The van der Waals surface area contributed by atoms with Crippen LogP contribution in [0.5, 0.6) is 0 Å². The number of hydrogen-bond acceptors (Lipinski definition) is 2. The van der Waals surface area contributed by atoms with Gasteiger partial charge in [0.1, 0.15) is 0 Å². The van der Waals surface area contributed by atoms with Gasteiger partial charge < -0.3 is 10.4 Å². The third-order valence-corrected chi connectivity index (χ3v) is 2.11. The molecule has 1 heterocycles. The van der Waals surface area contributed by atoms with Crippen molar-refractivity contribution in [3.63, 3.8) is 0 Å². The molecule has 1 rings (SSSR count). The predicted molar refractivity (Wildman–Crippen MR) is 41.9 cm³/mol. The standard InChI is InChI=1S/C8H13NO2/c1-2-6-5-9-8(11)7(6)3-4-10/h2,6-7,10H,1,3-5H2,(H,9,11). The van der Waals surface area contributed by atoms with Gasteiger partial charge in [-0.2, -0.15) is 0 Å². The van der Waals surface area contributed by atoms with Crippen LogP contribution < -0.4 is 5.32 Å². The van der Waals surface area contributed by atoms with Crippen LogP contribution in [0.15, 0.2) is 12.7 Å². The van der Waals surface area contributed by atoms with Gasteiger partial charge in [-0.1, -0.05) is 6.08 Å². The van der Waals surface area contributed by atoms with E-state index >= 15 is 0 Å². The average molecular weight is 155 g/mol. The number of carbonyl (C=O) groups excluding carboxylic acids is 1. The van der Waals surface area contributed by atoms with Crippen LogP contribution in [0.1, 0.15) is 6.42 Å². The predicted octanol–water partition coefficient (Wildman–Crippen LogP) is -0.0830. The van der Waals surface area contributed by atoms with Gasteiger partial charge in [0.2, 0.25) is 5.91 Å². The Morgan fingerprint density at radius 1 is 1.82 bits per heavy atom. The Bertz CT molecular complexity index is 167. The van der Waals surface area contributed by atoms with E-state index in [1.165, 1.54) is 0 Å². The van der Waals surface area contributed by atoms with E-state index in [9.17, 15) is 4.79 Å². The van der Waals surface area contributed by atoms with E-state index in [1.807, 2.05) is 0 Å². The molecule has 1 aliphatic rings. The van der Waals surface area contributed by atoms with Crippen LogP contribution in [0, 0.1) is 11.8 Å². The summed E-state index contributed by atoms with van der Waals surface area (Å²) >= 11 is 0. The van der Waals surface area contributed by atoms with Crippen molar-refractivity contribution in [2.45, 2.75) is 6.42 Å². The van der Waals surface area contributed by atoms with Crippen LogP contribution >= 0.6 is 0 Å². The van der Waals surface area contributed by atoms with Crippen molar-refractivity contribution in [3.05, 3.63) is 12.7 Å². The van der Waals surface area contributed by atoms with Gasteiger partial charge in [-0.15, -0.1) is 6.58 Å². The van der Waals surface area contributed by atoms with Gasteiger partial charge in [0.25, 0.3) is 0 Å². The maximum Gasteiger partial charge on any atom is 0.223 e. The third kappa shape index (κ3) is 1.60. The highest BCUT2D eigenvalue weighted by Gasteiger charge is 2.31. The lowest BCUT2D eigenvalue weighted by atomic mass is 9.93. The molecule has 1 amide bonds. The molecule has 0 aromatic heterocycles. The first-order valence-electron chi connectivity index (χ1n) is 3.80. The minimum Gasteiger partial charge on any atom is -0.396 e. The van der Waals surface area contributed by atoms with Crippen LogP contribution in [-0.2, 0) is 4.79 Å². The average Bonchev–Trinajstić information content (AvgIpc) is 2.34.